The molecule has 0 aliphatic heterocycles. The fourth-order valence-electron chi connectivity index (χ4n) is 4.81. The number of carbonyl (C=O) groups is 3. The van der Waals surface area contributed by atoms with Gasteiger partial charge in [0.1, 0.15) is 12.6 Å². The molecule has 0 radical (unpaired) electrons. The average Bonchev–Trinajstić information content (AvgIpc) is 3.12. The maximum Gasteiger partial charge on any atom is 0.407 e. The summed E-state index contributed by atoms with van der Waals surface area (Å²) in [6.07, 6.45) is 2.69. The van der Waals surface area contributed by atoms with Crippen molar-refractivity contribution in [3.8, 4) is 11.1 Å². The average molecular weight is 483 g/mol. The van der Waals surface area contributed by atoms with Crippen molar-refractivity contribution in [1.29, 1.82) is 0 Å². The number of hydrogen-bond acceptors (Lipinski definition) is 5. The molecule has 1 saturated carbocycles. The Labute approximate surface area is 203 Å². The minimum atomic E-state index is -0.826. The van der Waals surface area contributed by atoms with Crippen molar-refractivity contribution in [2.24, 2.45) is 5.92 Å². The van der Waals surface area contributed by atoms with Crippen LogP contribution in [0.15, 0.2) is 48.5 Å². The van der Waals surface area contributed by atoms with Crippen LogP contribution in [0.25, 0.3) is 11.1 Å². The van der Waals surface area contributed by atoms with E-state index in [1.165, 1.54) is 0 Å². The number of benzene rings is 2. The van der Waals surface area contributed by atoms with E-state index >= 15 is 0 Å². The Morgan fingerprint density at radius 1 is 1.09 bits per heavy atom. The van der Waals surface area contributed by atoms with Gasteiger partial charge in [0.15, 0.2) is 0 Å². The molecule has 0 saturated heterocycles. The summed E-state index contributed by atoms with van der Waals surface area (Å²) in [6.45, 7) is 0.183. The van der Waals surface area contributed by atoms with Crippen LogP contribution in [-0.2, 0) is 14.3 Å². The molecule has 2 amide bonds. The van der Waals surface area contributed by atoms with Crippen molar-refractivity contribution in [2.45, 2.75) is 37.3 Å². The molecule has 1 fully saturated rings. The molecule has 1 atom stereocenters. The van der Waals surface area contributed by atoms with Crippen LogP contribution in [0.3, 0.4) is 0 Å². The van der Waals surface area contributed by atoms with E-state index in [0.717, 1.165) is 22.3 Å². The van der Waals surface area contributed by atoms with E-state index in [1.54, 1.807) is 23.7 Å². The number of carboxylic acid groups (broad SMARTS) is 1. The molecule has 0 spiro atoms. The third-order valence-electron chi connectivity index (χ3n) is 6.90. The van der Waals surface area contributed by atoms with Crippen LogP contribution in [0.1, 0.15) is 36.3 Å². The zero-order valence-electron chi connectivity index (χ0n) is 19.4. The second-order valence-electron chi connectivity index (χ2n) is 8.91. The summed E-state index contributed by atoms with van der Waals surface area (Å²) in [7, 11) is 1.68. The maximum absolute atomic E-state index is 13.1. The summed E-state index contributed by atoms with van der Waals surface area (Å²) in [5.74, 6) is -0.788. The number of thioether (sulfide) groups is 1. The van der Waals surface area contributed by atoms with Gasteiger partial charge in [0, 0.05) is 19.0 Å². The highest BCUT2D eigenvalue weighted by atomic mass is 32.2. The van der Waals surface area contributed by atoms with Gasteiger partial charge in [-0.3, -0.25) is 9.59 Å². The van der Waals surface area contributed by atoms with Crippen LogP contribution in [0.4, 0.5) is 4.79 Å². The molecule has 8 heteroatoms. The van der Waals surface area contributed by atoms with E-state index in [-0.39, 0.29) is 24.5 Å². The number of ether oxygens (including phenoxy) is 1. The number of amides is 2. The third kappa shape index (κ3) is 4.92. The van der Waals surface area contributed by atoms with Crippen LogP contribution in [0.5, 0.6) is 0 Å². The highest BCUT2D eigenvalue weighted by molar-refractivity contribution is 7.98. The Hall–Kier alpha value is -3.00. The van der Waals surface area contributed by atoms with E-state index in [2.05, 4.69) is 29.6 Å². The lowest BCUT2D eigenvalue weighted by Gasteiger charge is -2.40. The largest absolute Gasteiger partial charge is 0.481 e. The number of likely N-dealkylation sites (N-methyl/N-ethyl adjacent to an activating group) is 1. The van der Waals surface area contributed by atoms with Crippen LogP contribution >= 0.6 is 11.8 Å². The van der Waals surface area contributed by atoms with Crippen LogP contribution < -0.4 is 5.32 Å². The second kappa shape index (κ2) is 10.5. The maximum atomic E-state index is 13.1. The fraction of sp³-hybridized carbons (Fsp3) is 0.423. The summed E-state index contributed by atoms with van der Waals surface area (Å²) in [5.41, 5.74) is 4.57. The molecule has 0 bridgehead atoms. The zero-order valence-corrected chi connectivity index (χ0v) is 20.2. The molecule has 180 valence electrons. The van der Waals surface area contributed by atoms with Gasteiger partial charge >= 0.3 is 12.1 Å². The lowest BCUT2D eigenvalue weighted by molar-refractivity contribution is -0.150. The van der Waals surface area contributed by atoms with Gasteiger partial charge < -0.3 is 20.1 Å². The Morgan fingerprint density at radius 2 is 1.68 bits per heavy atom. The normalized spacial score (nSPS) is 19.4. The summed E-state index contributed by atoms with van der Waals surface area (Å²) >= 11 is 1.60. The first-order chi connectivity index (χ1) is 16.4. The molecular formula is C26H30N2O5S. The third-order valence-corrected chi connectivity index (χ3v) is 7.55. The summed E-state index contributed by atoms with van der Waals surface area (Å²) < 4.78 is 5.62. The molecule has 7 nitrogen and oxygen atoms in total. The molecule has 34 heavy (non-hydrogen) atoms. The van der Waals surface area contributed by atoms with Crippen LogP contribution in [0.2, 0.25) is 0 Å². The van der Waals surface area contributed by atoms with Crippen molar-refractivity contribution < 1.29 is 24.2 Å². The molecule has 4 rings (SSSR count). The second-order valence-corrected chi connectivity index (χ2v) is 9.90. The summed E-state index contributed by atoms with van der Waals surface area (Å²) in [4.78, 5) is 38.5. The highest BCUT2D eigenvalue weighted by Gasteiger charge is 2.40. The number of alkyl carbamates (subject to hydrolysis) is 1. The molecule has 2 aliphatic rings. The molecule has 2 aliphatic carbocycles. The van der Waals surface area contributed by atoms with Gasteiger partial charge in [-0.1, -0.05) is 48.5 Å². The van der Waals surface area contributed by atoms with Crippen molar-refractivity contribution in [1.82, 2.24) is 10.2 Å². The van der Waals surface area contributed by atoms with Crippen molar-refractivity contribution in [3.05, 3.63) is 59.7 Å². The monoisotopic (exact) mass is 482 g/mol. The molecule has 0 aromatic heterocycles. The van der Waals surface area contributed by atoms with Crippen LogP contribution in [0, 0.1) is 5.92 Å². The minimum Gasteiger partial charge on any atom is -0.481 e. The molecule has 0 heterocycles. The summed E-state index contributed by atoms with van der Waals surface area (Å²) in [5, 5.41) is 11.9. The lowest BCUT2D eigenvalue weighted by atomic mass is 9.79. The minimum absolute atomic E-state index is 0.0518. The molecule has 0 unspecified atom stereocenters. The van der Waals surface area contributed by atoms with Crippen molar-refractivity contribution in [3.63, 3.8) is 0 Å². The number of nitrogens with one attached hydrogen (secondary N) is 1. The smallest absolute Gasteiger partial charge is 0.407 e. The van der Waals surface area contributed by atoms with E-state index in [0.29, 0.717) is 25.0 Å². The number of rotatable bonds is 9. The first-order valence-corrected chi connectivity index (χ1v) is 12.9. The van der Waals surface area contributed by atoms with Gasteiger partial charge in [-0.2, -0.15) is 11.8 Å². The first-order valence-electron chi connectivity index (χ1n) is 11.5. The number of carbonyl (C=O) groups excluding carboxylic acids is 2. The topological polar surface area (TPSA) is 95.9 Å². The molecule has 2 aromatic carbocycles. The quantitative estimate of drug-likeness (QED) is 0.562. The Balaban J connectivity index is 1.38. The molecule has 2 aromatic rings. The number of nitrogens with zero attached hydrogens (tertiary/aromatic N) is 1. The van der Waals surface area contributed by atoms with Gasteiger partial charge in [-0.05, 0) is 53.5 Å². The number of hydrogen-bond donors (Lipinski definition) is 2. The number of carboxylic acids is 1. The Bertz CT molecular complexity index is 1020. The summed E-state index contributed by atoms with van der Waals surface area (Å²) in [6, 6.07) is 15.4. The van der Waals surface area contributed by atoms with E-state index in [1.807, 2.05) is 30.5 Å². The van der Waals surface area contributed by atoms with Gasteiger partial charge in [-0.15, -0.1) is 0 Å². The SMILES string of the molecule is CSCC[C@H](NC(=O)OCC1c2ccccc2-c2ccccc21)C(=O)N(C)C1CC(C(=O)O)C1. The van der Waals surface area contributed by atoms with Gasteiger partial charge in [0.2, 0.25) is 5.91 Å². The highest BCUT2D eigenvalue weighted by Crippen LogP contribution is 2.44. The fourth-order valence-corrected chi connectivity index (χ4v) is 5.28. The van der Waals surface area contributed by atoms with E-state index in [9.17, 15) is 14.4 Å². The number of fused-ring (bicyclic) bond motifs is 3. The van der Waals surface area contributed by atoms with E-state index in [4.69, 9.17) is 9.84 Å². The Morgan fingerprint density at radius 3 is 2.24 bits per heavy atom. The van der Waals surface area contributed by atoms with Gasteiger partial charge in [0.25, 0.3) is 0 Å². The van der Waals surface area contributed by atoms with Crippen molar-refractivity contribution in [2.75, 3.05) is 25.7 Å². The molecular weight excluding hydrogens is 452 g/mol. The standard InChI is InChI=1S/C26H30N2O5S/c1-28(17-13-16(14-17)25(30)31)24(29)23(11-12-34-2)27-26(32)33-15-22-20-9-5-3-7-18(20)19-8-4-6-10-21(19)22/h3-10,16-17,22-23H,11-15H2,1-2H3,(H,27,32)(H,30,31)/t16?,17?,23-/m0/s1. The lowest BCUT2D eigenvalue weighted by Crippen LogP contribution is -2.54. The number of aliphatic carboxylic acids is 1. The van der Waals surface area contributed by atoms with Gasteiger partial charge in [0.05, 0.1) is 5.92 Å². The predicted octanol–water partition coefficient (Wildman–Crippen LogP) is 3.97. The first kappa shape index (κ1) is 24.1. The Kier molecular flexibility index (Phi) is 7.46. The van der Waals surface area contributed by atoms with E-state index < -0.39 is 24.0 Å². The zero-order chi connectivity index (χ0) is 24.2. The van der Waals surface area contributed by atoms with Crippen molar-refractivity contribution >= 4 is 29.7 Å². The molecule has 2 N–H and O–H groups in total. The van der Waals surface area contributed by atoms with Gasteiger partial charge in [-0.25, -0.2) is 4.79 Å². The predicted molar refractivity (Wildman–Crippen MR) is 132 cm³/mol. The van der Waals surface area contributed by atoms with Crippen LogP contribution in [-0.4, -0.2) is 65.7 Å².